The number of hydrogen-bond donors (Lipinski definition) is 1. The van der Waals surface area contributed by atoms with E-state index in [0.29, 0.717) is 17.4 Å². The fourth-order valence-electron chi connectivity index (χ4n) is 1.43. The van der Waals surface area contributed by atoms with Crippen molar-refractivity contribution in [3.05, 3.63) is 36.2 Å². The number of hydrogen-bond acceptors (Lipinski definition) is 5. The summed E-state index contributed by atoms with van der Waals surface area (Å²) in [6.07, 6.45) is 1.34. The van der Waals surface area contributed by atoms with Gasteiger partial charge < -0.3 is 15.2 Å². The lowest BCUT2D eigenvalue weighted by molar-refractivity contribution is 0.369. The van der Waals surface area contributed by atoms with Gasteiger partial charge in [-0.3, -0.25) is 0 Å². The topological polar surface area (TPSA) is 70.3 Å². The van der Waals surface area contributed by atoms with Gasteiger partial charge in [0.05, 0.1) is 7.11 Å². The van der Waals surface area contributed by atoms with E-state index in [1.54, 1.807) is 0 Å². The number of aromatic nitrogens is 2. The number of aryl methyl sites for hydroxylation is 1. The molecule has 0 saturated heterocycles. The minimum absolute atomic E-state index is 0.255. The van der Waals surface area contributed by atoms with Gasteiger partial charge in [0.25, 0.3) is 5.88 Å². The van der Waals surface area contributed by atoms with Crippen molar-refractivity contribution < 1.29 is 9.47 Å². The molecule has 0 aliphatic heterocycles. The Morgan fingerprint density at radius 1 is 1.24 bits per heavy atom. The summed E-state index contributed by atoms with van der Waals surface area (Å²) < 4.78 is 10.7. The third-order valence-corrected chi connectivity index (χ3v) is 2.21. The number of ether oxygens (including phenoxy) is 2. The summed E-state index contributed by atoms with van der Waals surface area (Å²) in [5, 5.41) is 0. The van der Waals surface area contributed by atoms with Crippen molar-refractivity contribution >= 4 is 5.82 Å². The Hall–Kier alpha value is -2.30. The highest BCUT2D eigenvalue weighted by molar-refractivity contribution is 5.52. The van der Waals surface area contributed by atoms with Crippen LogP contribution in [-0.4, -0.2) is 17.1 Å². The Balaban J connectivity index is 2.33. The van der Waals surface area contributed by atoms with Crippen molar-refractivity contribution in [2.24, 2.45) is 0 Å². The maximum atomic E-state index is 5.66. The summed E-state index contributed by atoms with van der Waals surface area (Å²) in [7, 11) is 1.50. The van der Waals surface area contributed by atoms with Gasteiger partial charge in [-0.05, 0) is 24.6 Å². The normalized spacial score (nSPS) is 10.0. The van der Waals surface area contributed by atoms with E-state index in [2.05, 4.69) is 9.97 Å². The van der Waals surface area contributed by atoms with Gasteiger partial charge in [0.2, 0.25) is 5.75 Å². The second-order valence-electron chi connectivity index (χ2n) is 3.52. The quantitative estimate of drug-likeness (QED) is 0.876. The molecule has 2 N–H and O–H groups in total. The summed E-state index contributed by atoms with van der Waals surface area (Å²) in [6, 6.07) is 7.63. The molecule has 0 amide bonds. The number of methoxy groups -OCH3 is 1. The number of anilines is 1. The predicted molar refractivity (Wildman–Crippen MR) is 64.2 cm³/mol. The molecule has 2 rings (SSSR count). The molecule has 0 aliphatic rings. The Morgan fingerprint density at radius 3 is 2.76 bits per heavy atom. The average molecular weight is 231 g/mol. The zero-order valence-corrected chi connectivity index (χ0v) is 9.68. The molecule has 0 aliphatic carbocycles. The van der Waals surface area contributed by atoms with E-state index in [9.17, 15) is 0 Å². The van der Waals surface area contributed by atoms with Gasteiger partial charge in [0.15, 0.2) is 5.82 Å². The lowest BCUT2D eigenvalue weighted by Crippen LogP contribution is -2.00. The highest BCUT2D eigenvalue weighted by Crippen LogP contribution is 2.32. The first kappa shape index (κ1) is 11.2. The Morgan fingerprint density at radius 2 is 2.06 bits per heavy atom. The van der Waals surface area contributed by atoms with Gasteiger partial charge in [-0.2, -0.15) is 4.98 Å². The van der Waals surface area contributed by atoms with Gasteiger partial charge in [0, 0.05) is 0 Å². The van der Waals surface area contributed by atoms with Crippen LogP contribution < -0.4 is 15.2 Å². The average Bonchev–Trinajstić information content (AvgIpc) is 2.29. The summed E-state index contributed by atoms with van der Waals surface area (Å²) >= 11 is 0. The molecule has 0 fully saturated rings. The van der Waals surface area contributed by atoms with Gasteiger partial charge in [-0.15, -0.1) is 0 Å². The van der Waals surface area contributed by atoms with Crippen LogP contribution in [0.4, 0.5) is 5.82 Å². The number of rotatable bonds is 3. The van der Waals surface area contributed by atoms with E-state index < -0.39 is 0 Å². The second kappa shape index (κ2) is 4.69. The maximum Gasteiger partial charge on any atom is 0.268 e. The lowest BCUT2D eigenvalue weighted by atomic mass is 10.2. The maximum absolute atomic E-state index is 5.66. The summed E-state index contributed by atoms with van der Waals surface area (Å²) in [5.41, 5.74) is 6.76. The molecule has 5 heteroatoms. The van der Waals surface area contributed by atoms with Crippen LogP contribution in [-0.2, 0) is 0 Å². The van der Waals surface area contributed by atoms with Crippen LogP contribution in [0.2, 0.25) is 0 Å². The molecule has 0 unspecified atom stereocenters. The van der Waals surface area contributed by atoms with Crippen molar-refractivity contribution in [1.82, 2.24) is 9.97 Å². The monoisotopic (exact) mass is 231 g/mol. The first-order chi connectivity index (χ1) is 8.20. The zero-order chi connectivity index (χ0) is 12.3. The molecule has 5 nitrogen and oxygen atoms in total. The Bertz CT molecular complexity index is 529. The van der Waals surface area contributed by atoms with E-state index in [4.69, 9.17) is 15.2 Å². The molecule has 0 saturated carbocycles. The fraction of sp³-hybridized carbons (Fsp3) is 0.167. The van der Waals surface area contributed by atoms with Crippen LogP contribution in [0.15, 0.2) is 30.6 Å². The second-order valence-corrected chi connectivity index (χ2v) is 3.52. The smallest absolute Gasteiger partial charge is 0.268 e. The summed E-state index contributed by atoms with van der Waals surface area (Å²) in [5.74, 6) is 1.59. The van der Waals surface area contributed by atoms with Gasteiger partial charge in [-0.1, -0.05) is 12.1 Å². The first-order valence-electron chi connectivity index (χ1n) is 5.09. The predicted octanol–water partition coefficient (Wildman–Crippen LogP) is 2.17. The van der Waals surface area contributed by atoms with Crippen molar-refractivity contribution in [2.75, 3.05) is 12.8 Å². The number of nitrogen functional groups attached to an aromatic ring is 1. The molecule has 0 bridgehead atoms. The highest BCUT2D eigenvalue weighted by atomic mass is 16.5. The van der Waals surface area contributed by atoms with Gasteiger partial charge in [0.1, 0.15) is 12.1 Å². The SMILES string of the molecule is COc1c(N)ncnc1Oc1cccc(C)c1. The molecular formula is C12H13N3O2. The lowest BCUT2D eigenvalue weighted by Gasteiger charge is -2.10. The zero-order valence-electron chi connectivity index (χ0n) is 9.68. The van der Waals surface area contributed by atoms with Crippen LogP contribution in [0.1, 0.15) is 5.56 Å². The molecule has 0 spiro atoms. The van der Waals surface area contributed by atoms with Crippen molar-refractivity contribution in [3.63, 3.8) is 0 Å². The van der Waals surface area contributed by atoms with Crippen molar-refractivity contribution in [1.29, 1.82) is 0 Å². The Labute approximate surface area is 99.2 Å². The van der Waals surface area contributed by atoms with E-state index in [1.165, 1.54) is 13.4 Å². The molecule has 17 heavy (non-hydrogen) atoms. The molecule has 0 atom stereocenters. The molecular weight excluding hydrogens is 218 g/mol. The van der Waals surface area contributed by atoms with Crippen LogP contribution in [0, 0.1) is 6.92 Å². The molecule has 1 aromatic carbocycles. The molecule has 1 heterocycles. The van der Waals surface area contributed by atoms with E-state index >= 15 is 0 Å². The fourth-order valence-corrected chi connectivity index (χ4v) is 1.43. The number of nitrogens with zero attached hydrogens (tertiary/aromatic N) is 2. The molecule has 2 aromatic rings. The van der Waals surface area contributed by atoms with Crippen LogP contribution >= 0.6 is 0 Å². The minimum atomic E-state index is 0.255. The molecule has 88 valence electrons. The number of benzene rings is 1. The largest absolute Gasteiger partial charge is 0.489 e. The van der Waals surface area contributed by atoms with Crippen LogP contribution in [0.5, 0.6) is 17.4 Å². The summed E-state index contributed by atoms with van der Waals surface area (Å²) in [6.45, 7) is 1.98. The van der Waals surface area contributed by atoms with Crippen LogP contribution in [0.3, 0.4) is 0 Å². The molecule has 1 aromatic heterocycles. The van der Waals surface area contributed by atoms with E-state index in [0.717, 1.165) is 5.56 Å². The summed E-state index contributed by atoms with van der Waals surface area (Å²) in [4.78, 5) is 7.83. The van der Waals surface area contributed by atoms with Gasteiger partial charge >= 0.3 is 0 Å². The molecule has 0 radical (unpaired) electrons. The van der Waals surface area contributed by atoms with Crippen molar-refractivity contribution in [2.45, 2.75) is 6.92 Å². The highest BCUT2D eigenvalue weighted by Gasteiger charge is 2.11. The first-order valence-corrected chi connectivity index (χ1v) is 5.09. The van der Waals surface area contributed by atoms with Crippen LogP contribution in [0.25, 0.3) is 0 Å². The third kappa shape index (κ3) is 2.44. The third-order valence-electron chi connectivity index (χ3n) is 2.21. The van der Waals surface area contributed by atoms with E-state index in [-0.39, 0.29) is 5.82 Å². The van der Waals surface area contributed by atoms with Gasteiger partial charge in [-0.25, -0.2) is 4.98 Å². The number of nitrogens with two attached hydrogens (primary N) is 1. The Kier molecular flexibility index (Phi) is 3.09. The standard InChI is InChI=1S/C12H13N3O2/c1-8-4-3-5-9(6-8)17-12-10(16-2)11(13)14-7-15-12/h3-7H,1-2H3,(H2,13,14,15). The minimum Gasteiger partial charge on any atom is -0.489 e. The van der Waals surface area contributed by atoms with Crippen molar-refractivity contribution in [3.8, 4) is 17.4 Å². The van der Waals surface area contributed by atoms with E-state index in [1.807, 2.05) is 31.2 Å².